The average Bonchev–Trinajstić information content (AvgIpc) is 2.82. The van der Waals surface area contributed by atoms with Gasteiger partial charge >= 0.3 is 5.97 Å². The Morgan fingerprint density at radius 2 is 2.28 bits per heavy atom. The van der Waals surface area contributed by atoms with Gasteiger partial charge in [-0.05, 0) is 25.7 Å². The number of nitrogens with one attached hydrogen (secondary N) is 1. The number of aromatic nitrogens is 1. The molecule has 1 heterocycles. The molecule has 0 unspecified atom stereocenters. The lowest BCUT2D eigenvalue weighted by Gasteiger charge is -2.34. The molecule has 1 aromatic rings. The van der Waals surface area contributed by atoms with E-state index in [0.29, 0.717) is 38.8 Å². The second kappa shape index (κ2) is 5.49. The number of carboxylic acid groups (broad SMARTS) is 1. The molecule has 0 atom stereocenters. The van der Waals surface area contributed by atoms with Crippen molar-refractivity contribution in [2.24, 2.45) is 5.92 Å². The van der Waals surface area contributed by atoms with Crippen LogP contribution in [0.2, 0.25) is 0 Å². The van der Waals surface area contributed by atoms with Gasteiger partial charge < -0.3 is 20.1 Å². The molecule has 0 aromatic carbocycles. The van der Waals surface area contributed by atoms with Gasteiger partial charge in [-0.25, -0.2) is 0 Å². The third-order valence-corrected chi connectivity index (χ3v) is 3.51. The normalized spacial score (nSPS) is 28.2. The lowest BCUT2D eigenvalue weighted by Crippen LogP contribution is -2.44. The number of carboxylic acids is 1. The fraction of sp³-hybridized carbons (Fsp3) is 0.667. The van der Waals surface area contributed by atoms with Gasteiger partial charge in [0.1, 0.15) is 5.76 Å². The quantitative estimate of drug-likeness (QED) is 0.718. The molecule has 1 aliphatic rings. The Bertz CT molecular complexity index is 383. The third-order valence-electron chi connectivity index (χ3n) is 3.51. The molecular formula is C12H18N2O4. The van der Waals surface area contributed by atoms with Crippen LogP contribution in [0.5, 0.6) is 0 Å². The van der Waals surface area contributed by atoms with E-state index in [1.54, 1.807) is 12.3 Å². The molecule has 0 bridgehead atoms. The fourth-order valence-electron chi connectivity index (χ4n) is 2.33. The summed E-state index contributed by atoms with van der Waals surface area (Å²) in [5, 5.41) is 25.9. The van der Waals surface area contributed by atoms with Crippen LogP contribution in [0.3, 0.4) is 0 Å². The largest absolute Gasteiger partial charge is 0.481 e. The van der Waals surface area contributed by atoms with E-state index >= 15 is 0 Å². The van der Waals surface area contributed by atoms with Crippen molar-refractivity contribution in [2.75, 3.05) is 6.54 Å². The first kappa shape index (κ1) is 13.0. The number of hydrogen-bond donors (Lipinski definition) is 3. The SMILES string of the molecule is O=C(O)C1CCC(O)(CNCc2ccno2)CC1. The zero-order valence-corrected chi connectivity index (χ0v) is 10.1. The molecule has 0 saturated heterocycles. The average molecular weight is 254 g/mol. The molecule has 0 radical (unpaired) electrons. The van der Waals surface area contributed by atoms with Crippen LogP contribution >= 0.6 is 0 Å². The maximum Gasteiger partial charge on any atom is 0.306 e. The second-order valence-electron chi connectivity index (χ2n) is 4.92. The van der Waals surface area contributed by atoms with Gasteiger partial charge in [0.05, 0.1) is 24.3 Å². The van der Waals surface area contributed by atoms with Gasteiger partial charge in [0, 0.05) is 12.6 Å². The predicted molar refractivity (Wildman–Crippen MR) is 62.8 cm³/mol. The van der Waals surface area contributed by atoms with E-state index in [2.05, 4.69) is 10.5 Å². The smallest absolute Gasteiger partial charge is 0.306 e. The maximum atomic E-state index is 10.8. The zero-order chi connectivity index (χ0) is 13.0. The molecule has 1 aliphatic carbocycles. The van der Waals surface area contributed by atoms with Gasteiger partial charge in [-0.15, -0.1) is 0 Å². The minimum atomic E-state index is -0.800. The molecule has 1 fully saturated rings. The van der Waals surface area contributed by atoms with Crippen LogP contribution in [0, 0.1) is 5.92 Å². The number of nitrogens with zero attached hydrogens (tertiary/aromatic N) is 1. The van der Waals surface area contributed by atoms with E-state index in [4.69, 9.17) is 9.63 Å². The van der Waals surface area contributed by atoms with E-state index in [1.807, 2.05) is 0 Å². The number of rotatable bonds is 5. The predicted octanol–water partition coefficient (Wildman–Crippen LogP) is 0.770. The van der Waals surface area contributed by atoms with Gasteiger partial charge in [-0.3, -0.25) is 4.79 Å². The van der Waals surface area contributed by atoms with Gasteiger partial charge in [0.15, 0.2) is 0 Å². The minimum absolute atomic E-state index is 0.306. The number of carbonyl (C=O) groups is 1. The summed E-state index contributed by atoms with van der Waals surface area (Å²) < 4.78 is 4.93. The van der Waals surface area contributed by atoms with Crippen LogP contribution in [-0.2, 0) is 11.3 Å². The van der Waals surface area contributed by atoms with E-state index in [9.17, 15) is 9.90 Å². The van der Waals surface area contributed by atoms with E-state index in [-0.39, 0.29) is 5.92 Å². The van der Waals surface area contributed by atoms with Crippen molar-refractivity contribution in [3.05, 3.63) is 18.0 Å². The topological polar surface area (TPSA) is 95.6 Å². The lowest BCUT2D eigenvalue weighted by atomic mass is 9.79. The van der Waals surface area contributed by atoms with Crippen molar-refractivity contribution < 1.29 is 19.5 Å². The zero-order valence-electron chi connectivity index (χ0n) is 10.1. The maximum absolute atomic E-state index is 10.8. The molecule has 3 N–H and O–H groups in total. The van der Waals surface area contributed by atoms with Crippen molar-refractivity contribution in [2.45, 2.75) is 37.8 Å². The molecule has 1 saturated carbocycles. The molecule has 100 valence electrons. The number of hydrogen-bond acceptors (Lipinski definition) is 5. The van der Waals surface area contributed by atoms with E-state index < -0.39 is 11.6 Å². The monoisotopic (exact) mass is 254 g/mol. The summed E-state index contributed by atoms with van der Waals surface area (Å²) in [7, 11) is 0. The van der Waals surface area contributed by atoms with E-state index in [0.717, 1.165) is 5.76 Å². The highest BCUT2D eigenvalue weighted by Crippen LogP contribution is 2.31. The van der Waals surface area contributed by atoms with Gasteiger partial charge in [-0.2, -0.15) is 0 Å². The summed E-state index contributed by atoms with van der Waals surface area (Å²) in [4.78, 5) is 10.8. The van der Waals surface area contributed by atoms with Gasteiger partial charge in [-0.1, -0.05) is 5.16 Å². The minimum Gasteiger partial charge on any atom is -0.481 e. The Morgan fingerprint density at radius 3 is 2.83 bits per heavy atom. The molecule has 2 rings (SSSR count). The molecule has 0 amide bonds. The molecule has 1 aromatic heterocycles. The van der Waals surface area contributed by atoms with Crippen molar-refractivity contribution >= 4 is 5.97 Å². The number of aliphatic hydroxyl groups is 1. The first-order chi connectivity index (χ1) is 8.59. The lowest BCUT2D eigenvalue weighted by molar-refractivity contribution is -0.144. The van der Waals surface area contributed by atoms with Crippen LogP contribution in [0.25, 0.3) is 0 Å². The summed E-state index contributed by atoms with van der Waals surface area (Å²) in [5.41, 5.74) is -0.800. The van der Waals surface area contributed by atoms with Gasteiger partial charge in [0.2, 0.25) is 0 Å². The standard InChI is InChI=1S/C12H18N2O4/c15-11(16)9-1-4-12(17,5-2-9)8-13-7-10-3-6-14-18-10/h3,6,9,13,17H,1-2,4-5,7-8H2,(H,15,16). The Balaban J connectivity index is 1.74. The Hall–Kier alpha value is -1.40. The molecule has 6 nitrogen and oxygen atoms in total. The summed E-state index contributed by atoms with van der Waals surface area (Å²) in [5.74, 6) is -0.343. The van der Waals surface area contributed by atoms with Crippen molar-refractivity contribution in [1.29, 1.82) is 0 Å². The first-order valence-corrected chi connectivity index (χ1v) is 6.14. The first-order valence-electron chi connectivity index (χ1n) is 6.14. The highest BCUT2D eigenvalue weighted by Gasteiger charge is 2.35. The summed E-state index contributed by atoms with van der Waals surface area (Å²) in [6, 6.07) is 1.76. The van der Waals surface area contributed by atoms with Crippen molar-refractivity contribution in [3.8, 4) is 0 Å². The van der Waals surface area contributed by atoms with Crippen LogP contribution in [0.1, 0.15) is 31.4 Å². The third kappa shape index (κ3) is 3.30. The van der Waals surface area contributed by atoms with Crippen molar-refractivity contribution in [3.63, 3.8) is 0 Å². The molecular weight excluding hydrogens is 236 g/mol. The molecule has 18 heavy (non-hydrogen) atoms. The molecule has 6 heteroatoms. The van der Waals surface area contributed by atoms with Crippen LogP contribution in [0.4, 0.5) is 0 Å². The fourth-order valence-corrected chi connectivity index (χ4v) is 2.33. The van der Waals surface area contributed by atoms with Gasteiger partial charge in [0.25, 0.3) is 0 Å². The summed E-state index contributed by atoms with van der Waals surface area (Å²) in [6.45, 7) is 0.963. The number of aliphatic carboxylic acids is 1. The highest BCUT2D eigenvalue weighted by atomic mass is 16.5. The van der Waals surface area contributed by atoms with Crippen LogP contribution < -0.4 is 5.32 Å². The molecule has 0 spiro atoms. The van der Waals surface area contributed by atoms with Crippen LogP contribution in [0.15, 0.2) is 16.8 Å². The second-order valence-corrected chi connectivity index (χ2v) is 4.92. The van der Waals surface area contributed by atoms with E-state index in [1.165, 1.54) is 0 Å². The van der Waals surface area contributed by atoms with Crippen molar-refractivity contribution in [1.82, 2.24) is 10.5 Å². The van der Waals surface area contributed by atoms with Crippen LogP contribution in [-0.4, -0.2) is 33.5 Å². The highest BCUT2D eigenvalue weighted by molar-refractivity contribution is 5.70. The summed E-state index contributed by atoms with van der Waals surface area (Å²) >= 11 is 0. The summed E-state index contributed by atoms with van der Waals surface area (Å²) in [6.07, 6.45) is 3.69. The molecule has 0 aliphatic heterocycles. The Kier molecular flexibility index (Phi) is 3.98. The Morgan fingerprint density at radius 1 is 1.56 bits per heavy atom. The Labute approximate surface area is 105 Å².